The van der Waals surface area contributed by atoms with Crippen LogP contribution in [0.25, 0.3) is 10.9 Å². The van der Waals surface area contributed by atoms with Crippen molar-refractivity contribution in [3.05, 3.63) is 65.9 Å². The maximum atomic E-state index is 6.16. The van der Waals surface area contributed by atoms with E-state index in [4.69, 9.17) is 4.74 Å². The van der Waals surface area contributed by atoms with Gasteiger partial charge in [0.2, 0.25) is 0 Å². The summed E-state index contributed by atoms with van der Waals surface area (Å²) in [5.41, 5.74) is 3.71. The van der Waals surface area contributed by atoms with Crippen LogP contribution in [0, 0.1) is 0 Å². The standard InChI is InChI=1S/C22H27N3O/c1-2-6-18(7-3-1)17-26-21-10-4-9-20-22(21)19(16-24-20)8-5-13-25-14-11-23-12-15-25/h1-4,6-7,9-10,16,23-24H,5,8,11-15,17H2. The zero-order valence-corrected chi connectivity index (χ0v) is 15.2. The molecule has 0 saturated carbocycles. The van der Waals surface area contributed by atoms with E-state index >= 15 is 0 Å². The summed E-state index contributed by atoms with van der Waals surface area (Å²) in [6.45, 7) is 6.33. The molecule has 1 aliphatic rings. The average molecular weight is 349 g/mol. The normalized spacial score (nSPS) is 15.4. The molecule has 1 saturated heterocycles. The Kier molecular flexibility index (Phi) is 5.53. The minimum absolute atomic E-state index is 0.603. The van der Waals surface area contributed by atoms with Crippen LogP contribution < -0.4 is 10.1 Å². The van der Waals surface area contributed by atoms with E-state index in [1.54, 1.807) is 0 Å². The van der Waals surface area contributed by atoms with Gasteiger partial charge in [0.15, 0.2) is 0 Å². The number of rotatable bonds is 7. The third kappa shape index (κ3) is 4.09. The lowest BCUT2D eigenvalue weighted by Gasteiger charge is -2.27. The highest BCUT2D eigenvalue weighted by atomic mass is 16.5. The molecule has 4 heteroatoms. The highest BCUT2D eigenvalue weighted by Gasteiger charge is 2.12. The zero-order chi connectivity index (χ0) is 17.6. The van der Waals surface area contributed by atoms with Crippen LogP contribution in [0.15, 0.2) is 54.7 Å². The number of aromatic amines is 1. The predicted molar refractivity (Wildman–Crippen MR) is 107 cm³/mol. The minimum atomic E-state index is 0.603. The molecule has 2 aromatic carbocycles. The van der Waals surface area contributed by atoms with Crippen LogP contribution in [0.1, 0.15) is 17.5 Å². The molecule has 4 rings (SSSR count). The van der Waals surface area contributed by atoms with Crippen LogP contribution in [-0.4, -0.2) is 42.6 Å². The molecule has 2 heterocycles. The van der Waals surface area contributed by atoms with Crippen molar-refractivity contribution in [1.82, 2.24) is 15.2 Å². The van der Waals surface area contributed by atoms with Crippen molar-refractivity contribution in [1.29, 1.82) is 0 Å². The third-order valence-corrected chi connectivity index (χ3v) is 5.12. The summed E-state index contributed by atoms with van der Waals surface area (Å²) >= 11 is 0. The number of H-pyrrole nitrogens is 1. The van der Waals surface area contributed by atoms with Crippen molar-refractivity contribution in [3.8, 4) is 5.75 Å². The van der Waals surface area contributed by atoms with E-state index in [2.05, 4.69) is 63.9 Å². The lowest BCUT2D eigenvalue weighted by atomic mass is 10.1. The molecule has 0 atom stereocenters. The lowest BCUT2D eigenvalue weighted by molar-refractivity contribution is 0.238. The lowest BCUT2D eigenvalue weighted by Crippen LogP contribution is -2.43. The third-order valence-electron chi connectivity index (χ3n) is 5.12. The number of fused-ring (bicyclic) bond motifs is 1. The van der Waals surface area contributed by atoms with Crippen LogP contribution in [0.3, 0.4) is 0 Å². The van der Waals surface area contributed by atoms with E-state index < -0.39 is 0 Å². The fourth-order valence-corrected chi connectivity index (χ4v) is 3.70. The van der Waals surface area contributed by atoms with Gasteiger partial charge in [-0.25, -0.2) is 0 Å². The Labute approximate surface area is 155 Å². The van der Waals surface area contributed by atoms with Crippen LogP contribution in [0.2, 0.25) is 0 Å². The largest absolute Gasteiger partial charge is 0.488 e. The van der Waals surface area contributed by atoms with Gasteiger partial charge in [-0.05, 0) is 42.6 Å². The Balaban J connectivity index is 1.43. The molecular weight excluding hydrogens is 322 g/mol. The summed E-state index contributed by atoms with van der Waals surface area (Å²) < 4.78 is 6.16. The summed E-state index contributed by atoms with van der Waals surface area (Å²) in [5, 5.41) is 4.65. The summed E-state index contributed by atoms with van der Waals surface area (Å²) in [6.07, 6.45) is 4.41. The van der Waals surface area contributed by atoms with E-state index in [1.165, 1.54) is 42.6 Å². The van der Waals surface area contributed by atoms with Crippen LogP contribution in [-0.2, 0) is 13.0 Å². The van der Waals surface area contributed by atoms with Crippen LogP contribution in [0.4, 0.5) is 0 Å². The fourth-order valence-electron chi connectivity index (χ4n) is 3.70. The van der Waals surface area contributed by atoms with E-state index in [0.29, 0.717) is 6.61 Å². The second kappa shape index (κ2) is 8.39. The van der Waals surface area contributed by atoms with Gasteiger partial charge in [-0.1, -0.05) is 36.4 Å². The Morgan fingerprint density at radius 2 is 1.81 bits per heavy atom. The molecule has 2 N–H and O–H groups in total. The van der Waals surface area contributed by atoms with Crippen molar-refractivity contribution < 1.29 is 4.74 Å². The highest BCUT2D eigenvalue weighted by Crippen LogP contribution is 2.30. The fraction of sp³-hybridized carbons (Fsp3) is 0.364. The molecule has 1 aliphatic heterocycles. The Bertz CT molecular complexity index is 822. The number of benzene rings is 2. The Hall–Kier alpha value is -2.30. The monoisotopic (exact) mass is 349 g/mol. The van der Waals surface area contributed by atoms with Gasteiger partial charge in [0.25, 0.3) is 0 Å². The zero-order valence-electron chi connectivity index (χ0n) is 15.2. The van der Waals surface area contributed by atoms with Gasteiger partial charge in [0, 0.05) is 43.3 Å². The van der Waals surface area contributed by atoms with Crippen molar-refractivity contribution in [3.63, 3.8) is 0 Å². The molecule has 0 spiro atoms. The molecular formula is C22H27N3O. The van der Waals surface area contributed by atoms with Crippen molar-refractivity contribution in [2.24, 2.45) is 0 Å². The second-order valence-electron chi connectivity index (χ2n) is 6.96. The number of piperazine rings is 1. The molecule has 0 radical (unpaired) electrons. The van der Waals surface area contributed by atoms with Gasteiger partial charge in [0.1, 0.15) is 12.4 Å². The van der Waals surface area contributed by atoms with Crippen LogP contribution >= 0.6 is 0 Å². The molecule has 26 heavy (non-hydrogen) atoms. The number of nitrogens with one attached hydrogen (secondary N) is 2. The Morgan fingerprint density at radius 3 is 2.65 bits per heavy atom. The summed E-state index contributed by atoms with van der Waals surface area (Å²) in [7, 11) is 0. The molecule has 0 amide bonds. The van der Waals surface area contributed by atoms with E-state index in [0.717, 1.165) is 30.8 Å². The molecule has 4 nitrogen and oxygen atoms in total. The first-order valence-electron chi connectivity index (χ1n) is 9.59. The molecule has 1 aromatic heterocycles. The number of ether oxygens (including phenoxy) is 1. The van der Waals surface area contributed by atoms with E-state index in [1.807, 2.05) is 6.07 Å². The topological polar surface area (TPSA) is 40.3 Å². The maximum Gasteiger partial charge on any atom is 0.129 e. The summed E-state index contributed by atoms with van der Waals surface area (Å²) in [5.74, 6) is 0.977. The predicted octanol–water partition coefficient (Wildman–Crippen LogP) is 3.58. The number of hydrogen-bond acceptors (Lipinski definition) is 3. The van der Waals surface area contributed by atoms with Crippen molar-refractivity contribution in [2.75, 3.05) is 32.7 Å². The first-order valence-corrected chi connectivity index (χ1v) is 9.59. The van der Waals surface area contributed by atoms with E-state index in [9.17, 15) is 0 Å². The molecule has 0 unspecified atom stereocenters. The SMILES string of the molecule is c1ccc(COc2cccc3[nH]cc(CCCN4CCNCC4)c23)cc1. The number of aryl methyl sites for hydroxylation is 1. The smallest absolute Gasteiger partial charge is 0.129 e. The molecule has 3 aromatic rings. The first-order chi connectivity index (χ1) is 12.9. The average Bonchev–Trinajstić information content (AvgIpc) is 3.12. The van der Waals surface area contributed by atoms with Gasteiger partial charge < -0.3 is 19.9 Å². The summed E-state index contributed by atoms with van der Waals surface area (Å²) in [4.78, 5) is 5.97. The van der Waals surface area contributed by atoms with E-state index in [-0.39, 0.29) is 0 Å². The number of aromatic nitrogens is 1. The first kappa shape index (κ1) is 17.1. The van der Waals surface area contributed by atoms with Crippen molar-refractivity contribution >= 4 is 10.9 Å². The van der Waals surface area contributed by atoms with Gasteiger partial charge in [-0.2, -0.15) is 0 Å². The Morgan fingerprint density at radius 1 is 0.962 bits per heavy atom. The molecule has 1 fully saturated rings. The van der Waals surface area contributed by atoms with Gasteiger partial charge in [-0.3, -0.25) is 0 Å². The maximum absolute atomic E-state index is 6.16. The van der Waals surface area contributed by atoms with Crippen LogP contribution in [0.5, 0.6) is 5.75 Å². The molecule has 0 bridgehead atoms. The van der Waals surface area contributed by atoms with Crippen molar-refractivity contribution in [2.45, 2.75) is 19.4 Å². The van der Waals surface area contributed by atoms with Gasteiger partial charge in [0.05, 0.1) is 0 Å². The quantitative estimate of drug-likeness (QED) is 0.685. The second-order valence-corrected chi connectivity index (χ2v) is 6.96. The number of hydrogen-bond donors (Lipinski definition) is 2. The highest BCUT2D eigenvalue weighted by molar-refractivity contribution is 5.89. The number of nitrogens with zero attached hydrogens (tertiary/aromatic N) is 1. The molecule has 0 aliphatic carbocycles. The summed E-state index contributed by atoms with van der Waals surface area (Å²) in [6, 6.07) is 16.6. The van der Waals surface area contributed by atoms with Gasteiger partial charge >= 0.3 is 0 Å². The molecule has 136 valence electrons. The minimum Gasteiger partial charge on any atom is -0.488 e. The van der Waals surface area contributed by atoms with Gasteiger partial charge in [-0.15, -0.1) is 0 Å².